The highest BCUT2D eigenvalue weighted by Gasteiger charge is 2.41. The average molecular weight is 444 g/mol. The minimum absolute atomic E-state index is 0.0818. The van der Waals surface area contributed by atoms with Crippen LogP contribution in [0.3, 0.4) is 0 Å². The predicted molar refractivity (Wildman–Crippen MR) is 127 cm³/mol. The molecular formula is C27H19Cl2NO. The number of halogens is 2. The highest BCUT2D eigenvalue weighted by molar-refractivity contribution is 6.33. The van der Waals surface area contributed by atoms with Gasteiger partial charge in [0, 0.05) is 21.2 Å². The molecule has 2 nitrogen and oxygen atoms in total. The quantitative estimate of drug-likeness (QED) is 0.398. The SMILES string of the molecule is N#CC1(c2ccccc2)C/C(=C/c2ccccc2Cl)C(=O)/C(=C\c2ccccc2Cl)C1. The minimum Gasteiger partial charge on any atom is -0.289 e. The molecule has 1 aliphatic carbocycles. The second kappa shape index (κ2) is 8.94. The third kappa shape index (κ3) is 4.35. The molecule has 152 valence electrons. The van der Waals surface area contributed by atoms with Crippen molar-refractivity contribution in [2.24, 2.45) is 0 Å². The van der Waals surface area contributed by atoms with Crippen molar-refractivity contribution in [1.82, 2.24) is 0 Å². The molecule has 0 unspecified atom stereocenters. The molecule has 0 amide bonds. The second-order valence-electron chi connectivity index (χ2n) is 7.62. The molecule has 4 rings (SSSR count). The van der Waals surface area contributed by atoms with E-state index in [-0.39, 0.29) is 5.78 Å². The van der Waals surface area contributed by atoms with E-state index in [4.69, 9.17) is 23.2 Å². The van der Waals surface area contributed by atoms with Crippen LogP contribution in [-0.4, -0.2) is 5.78 Å². The molecule has 31 heavy (non-hydrogen) atoms. The van der Waals surface area contributed by atoms with Gasteiger partial charge in [-0.05, 0) is 53.8 Å². The summed E-state index contributed by atoms with van der Waals surface area (Å²) in [6.07, 6.45) is 4.24. The first-order valence-corrected chi connectivity index (χ1v) is 10.7. The van der Waals surface area contributed by atoms with Crippen molar-refractivity contribution >= 4 is 41.1 Å². The van der Waals surface area contributed by atoms with Crippen LogP contribution < -0.4 is 0 Å². The Morgan fingerprint density at radius 2 is 1.19 bits per heavy atom. The van der Waals surface area contributed by atoms with Crippen molar-refractivity contribution in [2.75, 3.05) is 0 Å². The van der Waals surface area contributed by atoms with Gasteiger partial charge in [-0.15, -0.1) is 0 Å². The van der Waals surface area contributed by atoms with Gasteiger partial charge in [-0.2, -0.15) is 5.26 Å². The smallest absolute Gasteiger partial charge is 0.185 e. The van der Waals surface area contributed by atoms with Crippen LogP contribution in [0, 0.1) is 11.3 Å². The lowest BCUT2D eigenvalue weighted by molar-refractivity contribution is -0.113. The van der Waals surface area contributed by atoms with E-state index in [9.17, 15) is 10.1 Å². The predicted octanol–water partition coefficient (Wildman–Crippen LogP) is 7.28. The fourth-order valence-corrected chi connectivity index (χ4v) is 4.36. The largest absolute Gasteiger partial charge is 0.289 e. The zero-order valence-electron chi connectivity index (χ0n) is 16.7. The highest BCUT2D eigenvalue weighted by Crippen LogP contribution is 2.44. The number of ketones is 1. The van der Waals surface area contributed by atoms with Crippen molar-refractivity contribution in [1.29, 1.82) is 5.26 Å². The number of carbonyl (C=O) groups is 1. The van der Waals surface area contributed by atoms with E-state index >= 15 is 0 Å². The van der Waals surface area contributed by atoms with E-state index < -0.39 is 5.41 Å². The third-order valence-electron chi connectivity index (χ3n) is 5.58. The number of allylic oxidation sites excluding steroid dienone is 2. The topological polar surface area (TPSA) is 40.9 Å². The molecule has 0 spiro atoms. The summed E-state index contributed by atoms with van der Waals surface area (Å²) in [5, 5.41) is 11.4. The van der Waals surface area contributed by atoms with Gasteiger partial charge in [0.25, 0.3) is 0 Å². The molecule has 0 saturated heterocycles. The fraction of sp³-hybridized carbons (Fsp3) is 0.111. The minimum atomic E-state index is -0.852. The van der Waals surface area contributed by atoms with Crippen LogP contribution >= 0.6 is 23.2 Å². The van der Waals surface area contributed by atoms with Crippen molar-refractivity contribution in [2.45, 2.75) is 18.3 Å². The van der Waals surface area contributed by atoms with Gasteiger partial charge in [-0.3, -0.25) is 4.79 Å². The third-order valence-corrected chi connectivity index (χ3v) is 6.27. The van der Waals surface area contributed by atoms with Gasteiger partial charge in [-0.25, -0.2) is 0 Å². The lowest BCUT2D eigenvalue weighted by Gasteiger charge is -2.34. The Kier molecular flexibility index (Phi) is 6.09. The van der Waals surface area contributed by atoms with Crippen LogP contribution in [0.2, 0.25) is 10.0 Å². The summed E-state index contributed by atoms with van der Waals surface area (Å²) >= 11 is 12.7. The highest BCUT2D eigenvalue weighted by atomic mass is 35.5. The van der Waals surface area contributed by atoms with E-state index in [1.165, 1.54) is 0 Å². The number of nitrogens with zero attached hydrogens (tertiary/aromatic N) is 1. The number of benzene rings is 3. The molecule has 3 aromatic carbocycles. The van der Waals surface area contributed by atoms with Crippen LogP contribution in [0.5, 0.6) is 0 Å². The monoisotopic (exact) mass is 443 g/mol. The molecule has 0 aromatic heterocycles. The first-order valence-electron chi connectivity index (χ1n) is 9.94. The normalized spacial score (nSPS) is 21.3. The Morgan fingerprint density at radius 1 is 0.742 bits per heavy atom. The molecule has 0 heterocycles. The summed E-state index contributed by atoms with van der Waals surface area (Å²) in [5.74, 6) is -0.0818. The number of hydrogen-bond donors (Lipinski definition) is 0. The fourth-order valence-electron chi connectivity index (χ4n) is 3.98. The summed E-state index contributed by atoms with van der Waals surface area (Å²) in [6.45, 7) is 0. The lowest BCUT2D eigenvalue weighted by Crippen LogP contribution is -2.33. The van der Waals surface area contributed by atoms with Gasteiger partial charge in [-0.1, -0.05) is 89.9 Å². The number of carbonyl (C=O) groups excluding carboxylic acids is 1. The molecule has 0 N–H and O–H groups in total. The Morgan fingerprint density at radius 3 is 1.65 bits per heavy atom. The molecule has 1 saturated carbocycles. The summed E-state index contributed by atoms with van der Waals surface area (Å²) in [5.41, 5.74) is 2.67. The number of nitriles is 1. The summed E-state index contributed by atoms with van der Waals surface area (Å²) in [4.78, 5) is 13.5. The van der Waals surface area contributed by atoms with E-state index in [2.05, 4.69) is 6.07 Å². The average Bonchev–Trinajstić information content (AvgIpc) is 2.80. The van der Waals surface area contributed by atoms with Crippen molar-refractivity contribution in [3.8, 4) is 6.07 Å². The number of rotatable bonds is 3. The molecule has 1 fully saturated rings. The van der Waals surface area contributed by atoms with Crippen LogP contribution in [-0.2, 0) is 10.2 Å². The molecule has 3 aromatic rings. The van der Waals surface area contributed by atoms with Crippen LogP contribution in [0.25, 0.3) is 12.2 Å². The molecule has 0 radical (unpaired) electrons. The van der Waals surface area contributed by atoms with Crippen molar-refractivity contribution in [3.63, 3.8) is 0 Å². The van der Waals surface area contributed by atoms with Crippen LogP contribution in [0.15, 0.2) is 90.0 Å². The first kappa shape index (κ1) is 21.1. The second-order valence-corrected chi connectivity index (χ2v) is 8.44. The van der Waals surface area contributed by atoms with Gasteiger partial charge in [0.15, 0.2) is 5.78 Å². The molecule has 0 bridgehead atoms. The van der Waals surface area contributed by atoms with Gasteiger partial charge < -0.3 is 0 Å². The molecule has 4 heteroatoms. The maximum Gasteiger partial charge on any atom is 0.185 e. The van der Waals surface area contributed by atoms with E-state index in [0.717, 1.165) is 16.7 Å². The van der Waals surface area contributed by atoms with Gasteiger partial charge in [0.2, 0.25) is 0 Å². The van der Waals surface area contributed by atoms with Crippen LogP contribution in [0.1, 0.15) is 29.5 Å². The van der Waals surface area contributed by atoms with E-state index in [1.807, 2.05) is 66.7 Å². The van der Waals surface area contributed by atoms with Gasteiger partial charge >= 0.3 is 0 Å². The van der Waals surface area contributed by atoms with E-state index in [1.54, 1.807) is 24.3 Å². The first-order chi connectivity index (χ1) is 15.0. The summed E-state index contributed by atoms with van der Waals surface area (Å²) < 4.78 is 0. The van der Waals surface area contributed by atoms with E-state index in [0.29, 0.717) is 34.0 Å². The number of hydrogen-bond acceptors (Lipinski definition) is 2. The lowest BCUT2D eigenvalue weighted by atomic mass is 9.66. The molecular weight excluding hydrogens is 425 g/mol. The Balaban J connectivity index is 1.88. The Labute approximate surface area is 192 Å². The van der Waals surface area contributed by atoms with Gasteiger partial charge in [0.1, 0.15) is 0 Å². The standard InChI is InChI=1S/C27H19Cl2NO/c28-24-12-6-4-8-19(24)14-21-16-27(18-30,23-10-2-1-3-11-23)17-22(26(21)31)15-20-9-5-7-13-25(20)29/h1-15H,16-17H2/b21-14-,22-15-. The maximum atomic E-state index is 13.5. The summed E-state index contributed by atoms with van der Waals surface area (Å²) in [7, 11) is 0. The van der Waals surface area contributed by atoms with Gasteiger partial charge in [0.05, 0.1) is 11.5 Å². The molecule has 1 aliphatic rings. The summed E-state index contributed by atoms with van der Waals surface area (Å²) in [6, 6.07) is 26.9. The van der Waals surface area contributed by atoms with Crippen LogP contribution in [0.4, 0.5) is 0 Å². The van der Waals surface area contributed by atoms with Crippen molar-refractivity contribution in [3.05, 3.63) is 117 Å². The molecule has 0 atom stereocenters. The maximum absolute atomic E-state index is 13.5. The van der Waals surface area contributed by atoms with Crippen molar-refractivity contribution < 1.29 is 4.79 Å². The number of Topliss-reactive ketones (excluding diaryl/α,β-unsaturated/α-hetero) is 1. The Hall–Kier alpha value is -3.12. The zero-order valence-corrected chi connectivity index (χ0v) is 18.2. The zero-order chi connectivity index (χ0) is 21.8. The Bertz CT molecular complexity index is 1170. The molecule has 0 aliphatic heterocycles.